The van der Waals surface area contributed by atoms with Crippen molar-refractivity contribution in [2.45, 2.75) is 20.8 Å². The summed E-state index contributed by atoms with van der Waals surface area (Å²) in [5.41, 5.74) is 1.24. The van der Waals surface area contributed by atoms with Gasteiger partial charge >= 0.3 is 0 Å². The van der Waals surface area contributed by atoms with Crippen LogP contribution in [0.1, 0.15) is 20.8 Å². The Morgan fingerprint density at radius 3 is 2.00 bits per heavy atom. The van der Waals surface area contributed by atoms with Crippen LogP contribution in [-0.2, 0) is 4.74 Å². The SMILES string of the molecule is COC1=C(C(C)(C)C)P1Cl. The van der Waals surface area contributed by atoms with Crippen LogP contribution in [0.4, 0.5) is 0 Å². The van der Waals surface area contributed by atoms with Crippen molar-refractivity contribution in [3.63, 3.8) is 0 Å². The first kappa shape index (κ1) is 8.36. The molecule has 0 saturated carbocycles. The van der Waals surface area contributed by atoms with Crippen molar-refractivity contribution in [2.24, 2.45) is 5.41 Å². The van der Waals surface area contributed by atoms with E-state index in [0.717, 1.165) is 5.50 Å². The third-order valence-corrected chi connectivity index (χ3v) is 4.20. The van der Waals surface area contributed by atoms with E-state index in [1.54, 1.807) is 7.11 Å². The fourth-order valence-corrected chi connectivity index (χ4v) is 4.01. The topological polar surface area (TPSA) is 9.23 Å². The summed E-state index contributed by atoms with van der Waals surface area (Å²) in [7, 11) is 1.18. The lowest BCUT2D eigenvalue weighted by atomic mass is 9.97. The molecule has 1 aliphatic heterocycles. The van der Waals surface area contributed by atoms with Gasteiger partial charge in [0.05, 0.1) is 14.4 Å². The average Bonchev–Trinajstić information content (AvgIpc) is 2.39. The summed E-state index contributed by atoms with van der Waals surface area (Å²) in [4.78, 5) is 0. The summed E-state index contributed by atoms with van der Waals surface area (Å²) < 4.78 is 5.09. The highest BCUT2D eigenvalue weighted by Gasteiger charge is 2.44. The molecule has 3 heteroatoms. The molecule has 1 atom stereocenters. The Morgan fingerprint density at radius 1 is 1.40 bits per heavy atom. The Balaban J connectivity index is 2.69. The van der Waals surface area contributed by atoms with E-state index < -0.39 is 7.27 Å². The second-order valence-corrected chi connectivity index (χ2v) is 5.82. The smallest absolute Gasteiger partial charge is 0.143 e. The van der Waals surface area contributed by atoms with Crippen LogP contribution < -0.4 is 0 Å². The second kappa shape index (κ2) is 2.39. The minimum absolute atomic E-state index is 0.207. The predicted octanol–water partition coefficient (Wildman–Crippen LogP) is 3.50. The third kappa shape index (κ3) is 1.31. The molecular formula is C7H12ClOP. The van der Waals surface area contributed by atoms with Gasteiger partial charge in [-0.05, 0) is 5.41 Å². The van der Waals surface area contributed by atoms with Crippen molar-refractivity contribution in [1.29, 1.82) is 0 Å². The van der Waals surface area contributed by atoms with Crippen LogP contribution in [0.25, 0.3) is 0 Å². The normalized spacial score (nSPS) is 25.1. The molecule has 1 heterocycles. The summed E-state index contributed by atoms with van der Waals surface area (Å²) >= 11 is 5.97. The Labute approximate surface area is 67.9 Å². The van der Waals surface area contributed by atoms with Crippen LogP contribution in [0.3, 0.4) is 0 Å². The van der Waals surface area contributed by atoms with Crippen LogP contribution in [0.2, 0.25) is 0 Å². The van der Waals surface area contributed by atoms with Gasteiger partial charge in [-0.15, -0.1) is 0 Å². The minimum atomic E-state index is -0.502. The fourth-order valence-electron chi connectivity index (χ4n) is 0.923. The Hall–Kier alpha value is 0.260. The van der Waals surface area contributed by atoms with Crippen LogP contribution >= 0.6 is 18.5 Å². The van der Waals surface area contributed by atoms with Crippen molar-refractivity contribution in [2.75, 3.05) is 7.11 Å². The van der Waals surface area contributed by atoms with E-state index in [4.69, 9.17) is 16.0 Å². The molecule has 0 radical (unpaired) electrons. The number of hydrogen-bond donors (Lipinski definition) is 0. The van der Waals surface area contributed by atoms with E-state index >= 15 is 0 Å². The fraction of sp³-hybridized carbons (Fsp3) is 0.714. The lowest BCUT2D eigenvalue weighted by Crippen LogP contribution is -2.00. The monoisotopic (exact) mass is 178 g/mol. The molecule has 0 aromatic carbocycles. The maximum Gasteiger partial charge on any atom is 0.143 e. The van der Waals surface area contributed by atoms with Crippen LogP contribution in [0, 0.1) is 5.41 Å². The van der Waals surface area contributed by atoms with Crippen molar-refractivity contribution < 1.29 is 4.74 Å². The molecule has 0 aliphatic carbocycles. The first-order valence-corrected chi connectivity index (χ1v) is 5.48. The minimum Gasteiger partial charge on any atom is -0.495 e. The summed E-state index contributed by atoms with van der Waals surface area (Å²) in [6.07, 6.45) is 0. The van der Waals surface area contributed by atoms with E-state index in [9.17, 15) is 0 Å². The number of halogens is 1. The molecule has 58 valence electrons. The van der Waals surface area contributed by atoms with Gasteiger partial charge in [0.25, 0.3) is 0 Å². The molecule has 0 bridgehead atoms. The van der Waals surface area contributed by atoms with Gasteiger partial charge < -0.3 is 4.74 Å². The molecule has 0 amide bonds. The van der Waals surface area contributed by atoms with Gasteiger partial charge in [-0.2, -0.15) is 0 Å². The zero-order chi connectivity index (χ0) is 7.94. The lowest BCUT2D eigenvalue weighted by molar-refractivity contribution is 0.323. The predicted molar refractivity (Wildman–Crippen MR) is 46.3 cm³/mol. The molecule has 1 unspecified atom stereocenters. The zero-order valence-corrected chi connectivity index (χ0v) is 8.38. The van der Waals surface area contributed by atoms with E-state index in [0.29, 0.717) is 0 Å². The van der Waals surface area contributed by atoms with Crippen molar-refractivity contribution in [3.05, 3.63) is 10.8 Å². The summed E-state index contributed by atoms with van der Waals surface area (Å²) in [5, 5.41) is 1.31. The molecule has 1 aliphatic rings. The number of methoxy groups -OCH3 is 1. The summed E-state index contributed by atoms with van der Waals surface area (Å²) in [6.45, 7) is 6.48. The number of hydrogen-bond acceptors (Lipinski definition) is 1. The molecule has 1 nitrogen and oxygen atoms in total. The van der Waals surface area contributed by atoms with Gasteiger partial charge in [0, 0.05) is 5.31 Å². The zero-order valence-electron chi connectivity index (χ0n) is 6.73. The van der Waals surface area contributed by atoms with Gasteiger partial charge in [0.2, 0.25) is 0 Å². The van der Waals surface area contributed by atoms with Gasteiger partial charge in [-0.25, -0.2) is 0 Å². The first-order valence-electron chi connectivity index (χ1n) is 3.23. The lowest BCUT2D eigenvalue weighted by Gasteiger charge is -2.11. The largest absolute Gasteiger partial charge is 0.495 e. The average molecular weight is 179 g/mol. The van der Waals surface area contributed by atoms with Gasteiger partial charge in [0.15, 0.2) is 0 Å². The van der Waals surface area contributed by atoms with Gasteiger partial charge in [0.1, 0.15) is 5.50 Å². The number of rotatable bonds is 1. The molecule has 0 aromatic heterocycles. The number of ether oxygens (including phenoxy) is 1. The van der Waals surface area contributed by atoms with Crippen molar-refractivity contribution in [1.82, 2.24) is 0 Å². The quantitative estimate of drug-likeness (QED) is 0.559. The Morgan fingerprint density at radius 2 is 1.90 bits per heavy atom. The molecule has 0 fully saturated rings. The van der Waals surface area contributed by atoms with E-state index in [-0.39, 0.29) is 5.41 Å². The van der Waals surface area contributed by atoms with Crippen molar-refractivity contribution >= 4 is 18.5 Å². The molecule has 0 saturated heterocycles. The van der Waals surface area contributed by atoms with Gasteiger partial charge in [-0.1, -0.05) is 32.0 Å². The van der Waals surface area contributed by atoms with Crippen LogP contribution in [0.5, 0.6) is 0 Å². The van der Waals surface area contributed by atoms with Gasteiger partial charge in [-0.3, -0.25) is 0 Å². The molecule has 0 N–H and O–H groups in total. The van der Waals surface area contributed by atoms with Crippen LogP contribution in [0.15, 0.2) is 10.8 Å². The van der Waals surface area contributed by atoms with Crippen molar-refractivity contribution in [3.8, 4) is 0 Å². The molecule has 0 aromatic rings. The molecule has 0 spiro atoms. The summed E-state index contributed by atoms with van der Waals surface area (Å²) in [5.74, 6) is 0. The molecule has 1 rings (SSSR count). The highest BCUT2D eigenvalue weighted by atomic mass is 35.7. The summed E-state index contributed by atoms with van der Waals surface area (Å²) in [6, 6.07) is 0. The van der Waals surface area contributed by atoms with E-state index in [1.165, 1.54) is 5.31 Å². The Bertz CT molecular complexity index is 181. The third-order valence-electron chi connectivity index (χ3n) is 1.43. The Kier molecular flexibility index (Phi) is 2.00. The second-order valence-electron chi connectivity index (χ2n) is 3.39. The first-order chi connectivity index (χ1) is 4.48. The molecule has 10 heavy (non-hydrogen) atoms. The maximum absolute atomic E-state index is 5.97. The highest BCUT2D eigenvalue weighted by Crippen LogP contribution is 2.77. The van der Waals surface area contributed by atoms with E-state index in [1.807, 2.05) is 0 Å². The maximum atomic E-state index is 5.97. The highest BCUT2D eigenvalue weighted by molar-refractivity contribution is 7.96. The number of allylic oxidation sites excluding steroid dienone is 1. The van der Waals surface area contributed by atoms with Crippen LogP contribution in [-0.4, -0.2) is 7.11 Å². The van der Waals surface area contributed by atoms with E-state index in [2.05, 4.69) is 20.8 Å². The standard InChI is InChI=1S/C7H12ClOP/c1-7(2,3)5-6(9-4)10(5)8/h1-4H3. The molecular weight excluding hydrogens is 167 g/mol.